The van der Waals surface area contributed by atoms with Crippen LogP contribution in [0.15, 0.2) is 80.6 Å². The van der Waals surface area contributed by atoms with E-state index in [0.29, 0.717) is 14.9 Å². The Kier molecular flexibility index (Phi) is 7.78. The number of aliphatic carboxylic acids is 1. The molecule has 0 unspecified atom stereocenters. The number of nitrogens with zero attached hydrogens (tertiary/aromatic N) is 3. The second-order valence-corrected chi connectivity index (χ2v) is 10.3. The predicted molar refractivity (Wildman–Crippen MR) is 130 cm³/mol. The van der Waals surface area contributed by atoms with Crippen LogP contribution in [0.25, 0.3) is 0 Å². The molecular weight excluding hydrogens is 519 g/mol. The van der Waals surface area contributed by atoms with E-state index in [4.69, 9.17) is 16.7 Å². The maximum absolute atomic E-state index is 13.3. The van der Waals surface area contributed by atoms with Crippen LogP contribution in [0, 0.1) is 5.82 Å². The minimum absolute atomic E-state index is 0.126. The lowest BCUT2D eigenvalue weighted by Gasteiger charge is -2.10. The van der Waals surface area contributed by atoms with E-state index >= 15 is 0 Å². The summed E-state index contributed by atoms with van der Waals surface area (Å²) < 4.78 is 13.5. The van der Waals surface area contributed by atoms with E-state index in [2.05, 4.69) is 20.3 Å². The summed E-state index contributed by atoms with van der Waals surface area (Å²) in [6, 6.07) is 14.9. The molecule has 3 aromatic heterocycles. The Bertz CT molecular complexity index is 1340. The molecule has 172 valence electrons. The lowest BCUT2D eigenvalue weighted by Crippen LogP contribution is -2.15. The monoisotopic (exact) mass is 532 g/mol. The highest BCUT2D eigenvalue weighted by atomic mass is 35.5. The molecular formula is C22H14ClFN4O3S3. The van der Waals surface area contributed by atoms with Gasteiger partial charge in [0.2, 0.25) is 0 Å². The van der Waals surface area contributed by atoms with Crippen molar-refractivity contribution < 1.29 is 19.1 Å². The number of hydrogen-bond acceptors (Lipinski definition) is 8. The van der Waals surface area contributed by atoms with E-state index in [1.807, 2.05) is 12.1 Å². The van der Waals surface area contributed by atoms with Crippen LogP contribution in [0.3, 0.4) is 0 Å². The Hall–Kier alpha value is -2.99. The molecule has 4 aromatic rings. The third-order valence-electron chi connectivity index (χ3n) is 4.12. The fourth-order valence-electron chi connectivity index (χ4n) is 2.67. The number of carbonyl (C=O) groups excluding carboxylic acids is 1. The quantitative estimate of drug-likeness (QED) is 0.288. The lowest BCUT2D eigenvalue weighted by atomic mass is 10.3. The zero-order valence-electron chi connectivity index (χ0n) is 17.1. The molecule has 0 bridgehead atoms. The maximum Gasteiger partial charge on any atom is 0.309 e. The van der Waals surface area contributed by atoms with E-state index in [1.165, 1.54) is 35.7 Å². The number of thiazole rings is 1. The van der Waals surface area contributed by atoms with Gasteiger partial charge in [-0.25, -0.2) is 19.3 Å². The molecule has 0 radical (unpaired) electrons. The summed E-state index contributed by atoms with van der Waals surface area (Å²) in [7, 11) is 0. The summed E-state index contributed by atoms with van der Waals surface area (Å²) in [5, 5.41) is 13.1. The molecule has 0 spiro atoms. The van der Waals surface area contributed by atoms with Crippen LogP contribution in [0.5, 0.6) is 0 Å². The second-order valence-electron chi connectivity index (χ2n) is 6.59. The molecule has 2 N–H and O–H groups in total. The zero-order chi connectivity index (χ0) is 24.1. The summed E-state index contributed by atoms with van der Waals surface area (Å²) in [5.41, 5.74) is 0.296. The number of rotatable bonds is 8. The van der Waals surface area contributed by atoms with Crippen LogP contribution in [0.4, 0.5) is 9.52 Å². The summed E-state index contributed by atoms with van der Waals surface area (Å²) in [5.74, 6) is -1.98. The molecule has 3 heterocycles. The number of carboxylic acid groups (broad SMARTS) is 1. The fourth-order valence-corrected chi connectivity index (χ4v) is 5.35. The van der Waals surface area contributed by atoms with Crippen LogP contribution < -0.4 is 5.32 Å². The van der Waals surface area contributed by atoms with Crippen molar-refractivity contribution in [3.63, 3.8) is 0 Å². The molecule has 0 atom stereocenters. The van der Waals surface area contributed by atoms with Crippen LogP contribution >= 0.6 is 46.5 Å². The largest absolute Gasteiger partial charge is 0.481 e. The van der Waals surface area contributed by atoms with Gasteiger partial charge in [-0.1, -0.05) is 52.5 Å². The first-order valence-corrected chi connectivity index (χ1v) is 12.4. The van der Waals surface area contributed by atoms with Gasteiger partial charge in [-0.3, -0.25) is 14.9 Å². The van der Waals surface area contributed by atoms with E-state index in [1.54, 1.807) is 36.5 Å². The number of carbonyl (C=O) groups is 2. The normalized spacial score (nSPS) is 10.8. The minimum Gasteiger partial charge on any atom is -0.481 e. The third kappa shape index (κ3) is 6.32. The average Bonchev–Trinajstić information content (AvgIpc) is 3.14. The van der Waals surface area contributed by atoms with Crippen molar-refractivity contribution in [1.82, 2.24) is 15.0 Å². The van der Waals surface area contributed by atoms with Gasteiger partial charge in [-0.05, 0) is 48.5 Å². The molecule has 0 aliphatic carbocycles. The van der Waals surface area contributed by atoms with Crippen molar-refractivity contribution in [2.75, 3.05) is 5.32 Å². The molecule has 1 amide bonds. The third-order valence-corrected chi connectivity index (χ3v) is 7.32. The van der Waals surface area contributed by atoms with Gasteiger partial charge < -0.3 is 5.11 Å². The number of benzene rings is 1. The van der Waals surface area contributed by atoms with E-state index in [0.717, 1.165) is 16.2 Å². The highest BCUT2D eigenvalue weighted by molar-refractivity contribution is 7.99. The van der Waals surface area contributed by atoms with Gasteiger partial charge in [0.15, 0.2) is 5.13 Å². The van der Waals surface area contributed by atoms with E-state index in [9.17, 15) is 14.0 Å². The molecule has 0 aliphatic rings. The van der Waals surface area contributed by atoms with Gasteiger partial charge in [0.05, 0.1) is 12.1 Å². The number of nitrogens with one attached hydrogen (secondary N) is 1. The van der Waals surface area contributed by atoms with Gasteiger partial charge in [-0.2, -0.15) is 0 Å². The molecule has 0 aliphatic heterocycles. The average molecular weight is 533 g/mol. The van der Waals surface area contributed by atoms with Crippen molar-refractivity contribution in [2.24, 2.45) is 0 Å². The van der Waals surface area contributed by atoms with Crippen LogP contribution in [0.1, 0.15) is 16.2 Å². The fraction of sp³-hybridized carbons (Fsp3) is 0.0455. The predicted octanol–water partition coefficient (Wildman–Crippen LogP) is 5.91. The van der Waals surface area contributed by atoms with Crippen LogP contribution in [-0.2, 0) is 11.2 Å². The topological polar surface area (TPSA) is 105 Å². The summed E-state index contributed by atoms with van der Waals surface area (Å²) in [6.45, 7) is 0. The number of halogens is 2. The highest BCUT2D eigenvalue weighted by Gasteiger charge is 2.20. The number of carboxylic acids is 1. The molecule has 4 rings (SSSR count). The molecule has 0 fully saturated rings. The lowest BCUT2D eigenvalue weighted by molar-refractivity contribution is -0.136. The standard InChI is InChI=1S/C22H14ClFN4O3S3/c23-20-14(11-18(29)30)26-22(34-20)28-21(31)19-15(32-13-6-4-12(24)5-7-13)8-9-17(27-19)33-16-3-1-2-10-25-16/h1-10H,11H2,(H,29,30)(H,26,28,31). The molecule has 1 aromatic carbocycles. The molecule has 7 nitrogen and oxygen atoms in total. The number of hydrogen-bond donors (Lipinski definition) is 2. The molecule has 0 saturated heterocycles. The first-order chi connectivity index (χ1) is 16.4. The SMILES string of the molecule is O=C(O)Cc1nc(NC(=O)c2nc(Sc3ccccn3)ccc2Sc2ccc(F)cc2)sc1Cl. The van der Waals surface area contributed by atoms with Gasteiger partial charge in [0.25, 0.3) is 5.91 Å². The zero-order valence-corrected chi connectivity index (χ0v) is 20.3. The van der Waals surface area contributed by atoms with Crippen molar-refractivity contribution in [1.29, 1.82) is 0 Å². The number of aromatic nitrogens is 3. The van der Waals surface area contributed by atoms with Gasteiger partial charge >= 0.3 is 5.97 Å². The molecule has 34 heavy (non-hydrogen) atoms. The number of anilines is 1. The van der Waals surface area contributed by atoms with Crippen molar-refractivity contribution in [2.45, 2.75) is 26.3 Å². The highest BCUT2D eigenvalue weighted by Crippen LogP contribution is 2.34. The summed E-state index contributed by atoms with van der Waals surface area (Å²) >= 11 is 9.58. The Morgan fingerprint density at radius 1 is 1.03 bits per heavy atom. The van der Waals surface area contributed by atoms with Gasteiger partial charge in [-0.15, -0.1) is 0 Å². The van der Waals surface area contributed by atoms with E-state index in [-0.39, 0.29) is 33.1 Å². The van der Waals surface area contributed by atoms with Crippen LogP contribution in [-0.4, -0.2) is 31.9 Å². The minimum atomic E-state index is -1.08. The van der Waals surface area contributed by atoms with Crippen molar-refractivity contribution >= 4 is 63.5 Å². The Morgan fingerprint density at radius 3 is 2.53 bits per heavy atom. The Morgan fingerprint density at radius 2 is 1.82 bits per heavy atom. The summed E-state index contributed by atoms with van der Waals surface area (Å²) in [6.07, 6.45) is 1.31. The van der Waals surface area contributed by atoms with Crippen molar-refractivity contribution in [3.8, 4) is 0 Å². The summed E-state index contributed by atoms with van der Waals surface area (Å²) in [4.78, 5) is 38.3. The number of amides is 1. The first kappa shape index (κ1) is 24.1. The maximum atomic E-state index is 13.3. The molecule has 0 saturated carbocycles. The Balaban J connectivity index is 1.63. The van der Waals surface area contributed by atoms with Crippen molar-refractivity contribution in [3.05, 3.63) is 82.3 Å². The van der Waals surface area contributed by atoms with Gasteiger partial charge in [0.1, 0.15) is 25.9 Å². The molecule has 12 heteroatoms. The van der Waals surface area contributed by atoms with E-state index < -0.39 is 11.9 Å². The second kappa shape index (κ2) is 11.0. The number of pyridine rings is 2. The smallest absolute Gasteiger partial charge is 0.309 e. The van der Waals surface area contributed by atoms with Crippen LogP contribution in [0.2, 0.25) is 4.34 Å². The Labute approximate surface area is 210 Å². The van der Waals surface area contributed by atoms with Gasteiger partial charge in [0, 0.05) is 16.0 Å². The first-order valence-electron chi connectivity index (χ1n) is 9.59.